The molecule has 4 aromatic rings. The standard InChI is InChI=1S/C32H40N8O3/c1-20-15-23-16-27(34-20)25-18-33-39(4)31(25)43-14-6-7-22(21-9-10-21)19-40-28-17-24(35-29(41)8-5-13-38(2)3)11-12-26(28)36-32(40)37-30(23)42/h11-12,15-18,21-22H,5-10,13-14,19H2,1-4H3,(H,35,41)(H,36,37,42). The fourth-order valence-corrected chi connectivity index (χ4v) is 5.94. The van der Waals surface area contributed by atoms with Crippen molar-refractivity contribution in [1.82, 2.24) is 29.2 Å². The van der Waals surface area contributed by atoms with Gasteiger partial charge >= 0.3 is 0 Å². The Balaban J connectivity index is 1.36. The molecule has 0 radical (unpaired) electrons. The minimum absolute atomic E-state index is 0.0118. The van der Waals surface area contributed by atoms with Crippen molar-refractivity contribution in [2.24, 2.45) is 18.9 Å². The minimum Gasteiger partial charge on any atom is -0.477 e. The second kappa shape index (κ2) is 12.2. The molecule has 4 heterocycles. The summed E-state index contributed by atoms with van der Waals surface area (Å²) in [7, 11) is 5.86. The zero-order valence-electron chi connectivity index (χ0n) is 25.4. The molecule has 1 atom stereocenters. The highest BCUT2D eigenvalue weighted by atomic mass is 16.5. The van der Waals surface area contributed by atoms with Gasteiger partial charge in [0, 0.05) is 37.0 Å². The summed E-state index contributed by atoms with van der Waals surface area (Å²) < 4.78 is 10.1. The Hall–Kier alpha value is -4.25. The van der Waals surface area contributed by atoms with Crippen molar-refractivity contribution in [2.45, 2.75) is 52.0 Å². The number of hydrogen-bond acceptors (Lipinski definition) is 7. The molecular weight excluding hydrogens is 544 g/mol. The van der Waals surface area contributed by atoms with Gasteiger partial charge in [0.15, 0.2) is 0 Å². The maximum atomic E-state index is 13.7. The van der Waals surface area contributed by atoms with Crippen molar-refractivity contribution >= 4 is 34.5 Å². The van der Waals surface area contributed by atoms with Crippen LogP contribution in [0.15, 0.2) is 36.5 Å². The van der Waals surface area contributed by atoms with Crippen LogP contribution < -0.4 is 15.4 Å². The van der Waals surface area contributed by atoms with Crippen LogP contribution in [0.4, 0.5) is 11.6 Å². The Morgan fingerprint density at radius 1 is 1.14 bits per heavy atom. The second-order valence-electron chi connectivity index (χ2n) is 12.1. The quantitative estimate of drug-likeness (QED) is 0.332. The lowest BCUT2D eigenvalue weighted by atomic mass is 9.97. The summed E-state index contributed by atoms with van der Waals surface area (Å²) >= 11 is 0. The van der Waals surface area contributed by atoms with Crippen molar-refractivity contribution < 1.29 is 14.3 Å². The number of rotatable bonds is 6. The van der Waals surface area contributed by atoms with Crippen molar-refractivity contribution in [3.05, 3.63) is 47.8 Å². The Bertz CT molecular complexity index is 1650. The molecule has 1 aliphatic carbocycles. The number of pyridine rings is 1. The van der Waals surface area contributed by atoms with E-state index in [1.165, 1.54) is 12.8 Å². The van der Waals surface area contributed by atoms with E-state index >= 15 is 0 Å². The molecule has 3 aromatic heterocycles. The largest absolute Gasteiger partial charge is 0.477 e. The monoisotopic (exact) mass is 584 g/mol. The number of benzene rings is 1. The van der Waals surface area contributed by atoms with Gasteiger partial charge in [0.2, 0.25) is 17.7 Å². The SMILES string of the molecule is Cc1cc2cc(n1)-c1cnn(C)c1OCCCC(C1CC1)Cn1c(nc3ccc(NC(=O)CCCN(C)C)cc31)NC2=O. The summed E-state index contributed by atoms with van der Waals surface area (Å²) in [6, 6.07) is 9.31. The zero-order chi connectivity index (χ0) is 30.1. The van der Waals surface area contributed by atoms with Gasteiger partial charge in [0.05, 0.1) is 35.1 Å². The molecule has 11 nitrogen and oxygen atoms in total. The molecule has 0 spiro atoms. The Morgan fingerprint density at radius 2 is 1.98 bits per heavy atom. The van der Waals surface area contributed by atoms with E-state index in [1.807, 2.05) is 46.3 Å². The van der Waals surface area contributed by atoms with E-state index in [-0.39, 0.29) is 11.8 Å². The highest BCUT2D eigenvalue weighted by Crippen LogP contribution is 2.41. The van der Waals surface area contributed by atoms with Crippen molar-refractivity contribution in [3.63, 3.8) is 0 Å². The van der Waals surface area contributed by atoms with E-state index in [0.29, 0.717) is 54.5 Å². The maximum absolute atomic E-state index is 13.7. The number of aryl methyl sites for hydroxylation is 2. The summed E-state index contributed by atoms with van der Waals surface area (Å²) in [5.74, 6) is 1.92. The summed E-state index contributed by atoms with van der Waals surface area (Å²) in [4.78, 5) is 38.0. The van der Waals surface area contributed by atoms with E-state index in [1.54, 1.807) is 23.0 Å². The summed E-state index contributed by atoms with van der Waals surface area (Å²) in [6.07, 6.45) is 7.27. The van der Waals surface area contributed by atoms with Crippen molar-refractivity contribution in [3.8, 4) is 17.1 Å². The number of fused-ring (bicyclic) bond motifs is 7. The van der Waals surface area contributed by atoms with Crippen molar-refractivity contribution in [2.75, 3.05) is 37.9 Å². The fourth-order valence-electron chi connectivity index (χ4n) is 5.94. The first-order valence-corrected chi connectivity index (χ1v) is 15.1. The number of hydrogen-bond donors (Lipinski definition) is 2. The van der Waals surface area contributed by atoms with Gasteiger partial charge in [-0.3, -0.25) is 19.9 Å². The third-order valence-electron chi connectivity index (χ3n) is 8.31. The van der Waals surface area contributed by atoms with Crippen LogP contribution in [0.1, 0.15) is 54.6 Å². The lowest BCUT2D eigenvalue weighted by Crippen LogP contribution is -2.20. The van der Waals surface area contributed by atoms with E-state index < -0.39 is 0 Å². The van der Waals surface area contributed by atoms with Crippen LogP contribution in [0.5, 0.6) is 5.88 Å². The molecule has 2 N–H and O–H groups in total. The number of aromatic nitrogens is 5. The van der Waals surface area contributed by atoms with Gasteiger partial charge in [-0.2, -0.15) is 5.10 Å². The molecule has 1 unspecified atom stereocenters. The van der Waals surface area contributed by atoms with Gasteiger partial charge < -0.3 is 19.5 Å². The van der Waals surface area contributed by atoms with Gasteiger partial charge in [-0.05, 0) is 102 Å². The van der Waals surface area contributed by atoms with E-state index in [2.05, 4.69) is 25.2 Å². The normalized spacial score (nSPS) is 17.4. The summed E-state index contributed by atoms with van der Waals surface area (Å²) in [6.45, 7) is 4.01. The third-order valence-corrected chi connectivity index (χ3v) is 8.31. The maximum Gasteiger partial charge on any atom is 0.258 e. The first-order valence-electron chi connectivity index (χ1n) is 15.1. The Morgan fingerprint density at radius 3 is 2.77 bits per heavy atom. The molecule has 2 aliphatic rings. The number of amides is 2. The van der Waals surface area contributed by atoms with Crippen molar-refractivity contribution in [1.29, 1.82) is 0 Å². The van der Waals surface area contributed by atoms with Crippen LogP contribution in [0.3, 0.4) is 0 Å². The smallest absolute Gasteiger partial charge is 0.258 e. The first kappa shape index (κ1) is 28.9. The number of carbonyl (C=O) groups is 2. The predicted molar refractivity (Wildman–Crippen MR) is 166 cm³/mol. The number of imidazole rings is 1. The Labute approximate surface area is 251 Å². The van der Waals surface area contributed by atoms with Crippen LogP contribution in [-0.4, -0.2) is 68.3 Å². The minimum atomic E-state index is -0.262. The van der Waals surface area contributed by atoms with Crippen LogP contribution >= 0.6 is 0 Å². The fraction of sp³-hybridized carbons (Fsp3) is 0.469. The number of nitrogens with zero attached hydrogens (tertiary/aromatic N) is 6. The van der Waals surface area contributed by atoms with Gasteiger partial charge in [-0.1, -0.05) is 0 Å². The number of ether oxygens (including phenoxy) is 1. The molecule has 1 fully saturated rings. The van der Waals surface area contributed by atoms with Gasteiger partial charge in [-0.15, -0.1) is 0 Å². The van der Waals surface area contributed by atoms with E-state index in [4.69, 9.17) is 14.7 Å². The van der Waals surface area contributed by atoms with E-state index in [9.17, 15) is 9.59 Å². The first-order chi connectivity index (χ1) is 20.7. The van der Waals surface area contributed by atoms with Gasteiger partial charge in [0.1, 0.15) is 0 Å². The lowest BCUT2D eigenvalue weighted by Gasteiger charge is -2.20. The van der Waals surface area contributed by atoms with Crippen LogP contribution in [0, 0.1) is 18.8 Å². The highest BCUT2D eigenvalue weighted by molar-refractivity contribution is 6.05. The summed E-state index contributed by atoms with van der Waals surface area (Å²) in [5, 5.41) is 10.6. The topological polar surface area (TPSA) is 119 Å². The number of anilines is 2. The average molecular weight is 585 g/mol. The zero-order valence-corrected chi connectivity index (χ0v) is 25.4. The molecule has 1 saturated carbocycles. The average Bonchev–Trinajstić information content (AvgIpc) is 3.67. The molecule has 2 bridgehead atoms. The molecule has 0 saturated heterocycles. The molecule has 6 rings (SSSR count). The molecule has 2 amide bonds. The molecule has 1 aliphatic heterocycles. The highest BCUT2D eigenvalue weighted by Gasteiger charge is 2.32. The van der Waals surface area contributed by atoms with E-state index in [0.717, 1.165) is 53.8 Å². The number of nitrogens with one attached hydrogen (secondary N) is 2. The molecule has 1 aromatic carbocycles. The summed E-state index contributed by atoms with van der Waals surface area (Å²) in [5.41, 5.74) is 4.98. The van der Waals surface area contributed by atoms with Gasteiger partial charge in [-0.25, -0.2) is 9.67 Å². The lowest BCUT2D eigenvalue weighted by molar-refractivity contribution is -0.116. The second-order valence-corrected chi connectivity index (χ2v) is 12.1. The number of carbonyl (C=O) groups excluding carboxylic acids is 2. The predicted octanol–water partition coefficient (Wildman–Crippen LogP) is 4.87. The molecule has 43 heavy (non-hydrogen) atoms. The Kier molecular flexibility index (Phi) is 8.16. The third kappa shape index (κ3) is 6.56. The molecule has 226 valence electrons. The molecular formula is C32H40N8O3. The van der Waals surface area contributed by atoms with Crippen LogP contribution in [-0.2, 0) is 18.4 Å². The van der Waals surface area contributed by atoms with Gasteiger partial charge in [0.25, 0.3) is 5.91 Å². The molecule has 11 heteroatoms. The van der Waals surface area contributed by atoms with Crippen LogP contribution in [0.25, 0.3) is 22.3 Å². The van der Waals surface area contributed by atoms with Crippen LogP contribution in [0.2, 0.25) is 0 Å².